The van der Waals surface area contributed by atoms with Crippen molar-refractivity contribution < 1.29 is 24.7 Å². The van der Waals surface area contributed by atoms with Gasteiger partial charge in [-0.3, -0.25) is 0 Å². The van der Waals surface area contributed by atoms with Gasteiger partial charge in [0, 0.05) is 17.3 Å². The van der Waals surface area contributed by atoms with Crippen LogP contribution in [0.1, 0.15) is 22.9 Å². The summed E-state index contributed by atoms with van der Waals surface area (Å²) in [5.41, 5.74) is 3.88. The van der Waals surface area contributed by atoms with Crippen molar-refractivity contribution in [2.24, 2.45) is 0 Å². The largest absolute Gasteiger partial charge is 0.544 e. The Labute approximate surface area is 150 Å². The monoisotopic (exact) mass is 352 g/mol. The normalized spacial score (nSPS) is 19.2. The van der Waals surface area contributed by atoms with Gasteiger partial charge in [0.2, 0.25) is 0 Å². The number of ether oxygens (including phenoxy) is 2. The zero-order valence-corrected chi connectivity index (χ0v) is 14.6. The number of methoxy groups -OCH3 is 2. The van der Waals surface area contributed by atoms with Gasteiger partial charge in [-0.15, -0.1) is 0 Å². The second kappa shape index (κ2) is 6.38. The van der Waals surface area contributed by atoms with Crippen LogP contribution in [0.3, 0.4) is 0 Å². The van der Waals surface area contributed by atoms with Crippen molar-refractivity contribution in [3.63, 3.8) is 0 Å². The molecule has 1 aliphatic rings. The molecule has 1 aromatic heterocycles. The molecule has 0 amide bonds. The maximum atomic E-state index is 11.7. The van der Waals surface area contributed by atoms with Crippen LogP contribution in [0.4, 0.5) is 0 Å². The highest BCUT2D eigenvalue weighted by Crippen LogP contribution is 2.36. The number of hydrogen-bond acceptors (Lipinski definition) is 4. The van der Waals surface area contributed by atoms with Gasteiger partial charge in [0.25, 0.3) is 0 Å². The minimum Gasteiger partial charge on any atom is -0.544 e. The predicted molar refractivity (Wildman–Crippen MR) is 94.1 cm³/mol. The van der Waals surface area contributed by atoms with Crippen molar-refractivity contribution in [3.05, 3.63) is 59.3 Å². The lowest BCUT2D eigenvalue weighted by Gasteiger charge is -2.29. The molecule has 2 heterocycles. The van der Waals surface area contributed by atoms with E-state index in [4.69, 9.17) is 9.47 Å². The van der Waals surface area contributed by atoms with Gasteiger partial charge < -0.3 is 29.7 Å². The zero-order valence-electron chi connectivity index (χ0n) is 14.6. The Morgan fingerprint density at radius 2 is 2.00 bits per heavy atom. The van der Waals surface area contributed by atoms with Crippen molar-refractivity contribution in [1.29, 1.82) is 0 Å². The molecule has 2 atom stereocenters. The van der Waals surface area contributed by atoms with E-state index in [2.05, 4.69) is 4.98 Å². The van der Waals surface area contributed by atoms with Crippen LogP contribution in [-0.4, -0.2) is 31.2 Å². The Kier molecular flexibility index (Phi) is 4.05. The second-order valence-electron chi connectivity index (χ2n) is 6.47. The van der Waals surface area contributed by atoms with Crippen LogP contribution in [0.25, 0.3) is 10.9 Å². The molecule has 134 valence electrons. The number of aromatic amines is 1. The zero-order chi connectivity index (χ0) is 18.3. The number of nitrogens with one attached hydrogen (secondary N) is 1. The molecular formula is C20H20N2O4. The number of benzene rings is 2. The molecule has 2 aromatic carbocycles. The molecule has 3 N–H and O–H groups in total. The van der Waals surface area contributed by atoms with Gasteiger partial charge in [-0.2, -0.15) is 0 Å². The fraction of sp³-hybridized carbons (Fsp3) is 0.250. The quantitative estimate of drug-likeness (QED) is 0.716. The van der Waals surface area contributed by atoms with Gasteiger partial charge in [-0.05, 0) is 29.8 Å². The number of H-pyrrole nitrogens is 1. The van der Waals surface area contributed by atoms with Crippen LogP contribution in [0.2, 0.25) is 0 Å². The third-order valence-electron chi connectivity index (χ3n) is 5.08. The van der Waals surface area contributed by atoms with E-state index in [0.29, 0.717) is 17.9 Å². The summed E-state index contributed by atoms with van der Waals surface area (Å²) in [6.45, 7) is 0. The Hall–Kier alpha value is -2.99. The van der Waals surface area contributed by atoms with Gasteiger partial charge in [0.1, 0.15) is 17.5 Å². The third kappa shape index (κ3) is 2.59. The number of carbonyl (C=O) groups is 1. The lowest BCUT2D eigenvalue weighted by Crippen LogP contribution is -2.95. The van der Waals surface area contributed by atoms with Crippen molar-refractivity contribution in [2.45, 2.75) is 18.5 Å². The minimum atomic E-state index is -1.06. The number of carboxylic acids is 1. The number of rotatable bonds is 4. The minimum absolute atomic E-state index is 0.251. The van der Waals surface area contributed by atoms with Crippen molar-refractivity contribution in [1.82, 2.24) is 4.98 Å². The number of hydrogen-bond donors (Lipinski definition) is 2. The van der Waals surface area contributed by atoms with E-state index in [-0.39, 0.29) is 6.04 Å². The van der Waals surface area contributed by atoms with Crippen molar-refractivity contribution in [2.75, 3.05) is 14.2 Å². The van der Waals surface area contributed by atoms with Gasteiger partial charge in [-0.25, -0.2) is 0 Å². The number of para-hydroxylation sites is 1. The molecule has 0 fully saturated rings. The first-order chi connectivity index (χ1) is 12.6. The lowest BCUT2D eigenvalue weighted by atomic mass is 9.90. The highest BCUT2D eigenvalue weighted by Gasteiger charge is 2.36. The average molecular weight is 352 g/mol. The highest BCUT2D eigenvalue weighted by molar-refractivity contribution is 5.86. The topological polar surface area (TPSA) is 91.0 Å². The molecule has 0 saturated carbocycles. The van der Waals surface area contributed by atoms with E-state index >= 15 is 0 Å². The van der Waals surface area contributed by atoms with Gasteiger partial charge in [0.05, 0.1) is 31.4 Å². The van der Waals surface area contributed by atoms with E-state index in [1.807, 2.05) is 47.8 Å². The molecule has 0 aliphatic carbocycles. The number of fused-ring (bicyclic) bond motifs is 3. The first kappa shape index (κ1) is 16.5. The van der Waals surface area contributed by atoms with Crippen LogP contribution in [-0.2, 0) is 11.2 Å². The third-order valence-corrected chi connectivity index (χ3v) is 5.08. The van der Waals surface area contributed by atoms with E-state index in [0.717, 1.165) is 27.7 Å². The number of nitrogens with two attached hydrogens (primary N) is 1. The van der Waals surface area contributed by atoms with E-state index in [1.165, 1.54) is 0 Å². The summed E-state index contributed by atoms with van der Waals surface area (Å²) in [7, 11) is 3.21. The molecule has 0 radical (unpaired) electrons. The standard InChI is InChI=1S/C20H20N2O4/c1-25-11-7-8-17(26-2)14(9-11)19-18-13(10-16(22-19)20(23)24)12-5-3-4-6-15(12)21-18/h3-9,16,19,21-22H,10H2,1-2H3,(H,23,24)/t16-,19-/m1/s1. The van der Waals surface area contributed by atoms with Gasteiger partial charge in [0.15, 0.2) is 6.04 Å². The Balaban J connectivity index is 1.93. The lowest BCUT2D eigenvalue weighted by molar-refractivity contribution is -0.717. The molecule has 3 aromatic rings. The van der Waals surface area contributed by atoms with Crippen LogP contribution in [0.15, 0.2) is 42.5 Å². The molecule has 0 bridgehead atoms. The maximum absolute atomic E-state index is 11.7. The SMILES string of the molecule is COc1ccc(OC)c([C@H]2[NH2+][C@@H](C(=O)[O-])Cc3c2[nH]c2ccccc32)c1. The van der Waals surface area contributed by atoms with E-state index < -0.39 is 12.0 Å². The summed E-state index contributed by atoms with van der Waals surface area (Å²) in [5, 5.41) is 14.5. The molecule has 1 aliphatic heterocycles. The van der Waals surface area contributed by atoms with Gasteiger partial charge >= 0.3 is 0 Å². The molecule has 6 heteroatoms. The molecule has 0 saturated heterocycles. The fourth-order valence-corrected chi connectivity index (χ4v) is 3.83. The number of aromatic nitrogens is 1. The first-order valence-corrected chi connectivity index (χ1v) is 8.49. The van der Waals surface area contributed by atoms with Crippen molar-refractivity contribution in [3.8, 4) is 11.5 Å². The summed E-state index contributed by atoms with van der Waals surface area (Å²) in [4.78, 5) is 15.1. The molecule has 4 rings (SSSR count). The van der Waals surface area contributed by atoms with Gasteiger partial charge in [-0.1, -0.05) is 18.2 Å². The molecular weight excluding hydrogens is 332 g/mol. The summed E-state index contributed by atoms with van der Waals surface area (Å²) in [5.74, 6) is 0.325. The fourth-order valence-electron chi connectivity index (χ4n) is 3.83. The highest BCUT2D eigenvalue weighted by atomic mass is 16.5. The van der Waals surface area contributed by atoms with Crippen LogP contribution >= 0.6 is 0 Å². The van der Waals surface area contributed by atoms with Crippen LogP contribution in [0.5, 0.6) is 11.5 Å². The molecule has 6 nitrogen and oxygen atoms in total. The number of carbonyl (C=O) groups excluding carboxylic acids is 1. The summed E-state index contributed by atoms with van der Waals surface area (Å²) in [6.07, 6.45) is 0.421. The Morgan fingerprint density at radius 3 is 2.73 bits per heavy atom. The predicted octanol–water partition coefficient (Wildman–Crippen LogP) is 0.513. The Morgan fingerprint density at radius 1 is 1.19 bits per heavy atom. The number of quaternary nitrogens is 1. The first-order valence-electron chi connectivity index (χ1n) is 8.49. The second-order valence-corrected chi connectivity index (χ2v) is 6.47. The number of aliphatic carboxylic acids is 1. The summed E-state index contributed by atoms with van der Waals surface area (Å²) >= 11 is 0. The smallest absolute Gasteiger partial charge is 0.157 e. The molecule has 0 spiro atoms. The van der Waals surface area contributed by atoms with Crippen LogP contribution in [0, 0.1) is 0 Å². The molecule has 0 unspecified atom stereocenters. The summed E-state index contributed by atoms with van der Waals surface area (Å²) < 4.78 is 10.9. The Bertz CT molecular complexity index is 979. The number of carboxylic acid groups (broad SMARTS) is 1. The van der Waals surface area contributed by atoms with E-state index in [9.17, 15) is 9.90 Å². The van der Waals surface area contributed by atoms with Crippen LogP contribution < -0.4 is 19.9 Å². The molecule has 26 heavy (non-hydrogen) atoms. The average Bonchev–Trinajstić information content (AvgIpc) is 3.05. The maximum Gasteiger partial charge on any atom is 0.157 e. The summed E-state index contributed by atoms with van der Waals surface area (Å²) in [6, 6.07) is 12.6. The van der Waals surface area contributed by atoms with E-state index in [1.54, 1.807) is 14.2 Å². The van der Waals surface area contributed by atoms with Crippen molar-refractivity contribution >= 4 is 16.9 Å².